The van der Waals surface area contributed by atoms with Gasteiger partial charge >= 0.3 is 0 Å². The van der Waals surface area contributed by atoms with E-state index in [1.807, 2.05) is 6.07 Å². The number of anilines is 1. The van der Waals surface area contributed by atoms with Crippen molar-refractivity contribution in [1.29, 1.82) is 0 Å². The molecule has 9 heteroatoms. The zero-order valence-corrected chi connectivity index (χ0v) is 18.6. The summed E-state index contributed by atoms with van der Waals surface area (Å²) in [5, 5.41) is 7.69. The molecule has 0 bridgehead atoms. The van der Waals surface area contributed by atoms with Crippen molar-refractivity contribution in [3.8, 4) is 11.5 Å². The van der Waals surface area contributed by atoms with Crippen LogP contribution in [0.25, 0.3) is 22.7 Å². The smallest absolute Gasteiger partial charge is 0.248 e. The lowest BCUT2D eigenvalue weighted by atomic mass is 9.76. The number of imidazole rings is 1. The minimum Gasteiger partial charge on any atom is -0.335 e. The van der Waals surface area contributed by atoms with Crippen LogP contribution >= 0.6 is 0 Å². The third kappa shape index (κ3) is 3.78. The molecule has 2 aliphatic carbocycles. The number of hydrogen-bond acceptors (Lipinski definition) is 4. The van der Waals surface area contributed by atoms with Gasteiger partial charge in [-0.3, -0.25) is 9.89 Å². The number of alkyl halides is 2. The molecule has 3 heterocycles. The van der Waals surface area contributed by atoms with Crippen LogP contribution in [0, 0.1) is 11.3 Å². The van der Waals surface area contributed by atoms with Crippen molar-refractivity contribution < 1.29 is 13.6 Å². The zero-order valence-electron chi connectivity index (χ0n) is 18.6. The number of nitrogens with one attached hydrogen (secondary N) is 2. The molecule has 32 heavy (non-hydrogen) atoms. The molecule has 5 rings (SSSR count). The first kappa shape index (κ1) is 21.0. The van der Waals surface area contributed by atoms with E-state index in [0.717, 1.165) is 30.7 Å². The summed E-state index contributed by atoms with van der Waals surface area (Å²) in [5.74, 6) is -2.52. The number of amides is 1. The molecule has 1 saturated carbocycles. The van der Waals surface area contributed by atoms with Crippen molar-refractivity contribution in [2.24, 2.45) is 11.3 Å². The third-order valence-electron chi connectivity index (χ3n) is 6.99. The Bertz CT molecular complexity index is 1170. The highest BCUT2D eigenvalue weighted by Crippen LogP contribution is 2.38. The van der Waals surface area contributed by atoms with Gasteiger partial charge in [-0.15, -0.1) is 0 Å². The monoisotopic (exact) mass is 442 g/mol. The number of carbonyl (C=O) groups excluding carboxylic acids is 1. The summed E-state index contributed by atoms with van der Waals surface area (Å²) in [6, 6.07) is 1.83. The molecule has 1 amide bonds. The lowest BCUT2D eigenvalue weighted by Crippen LogP contribution is -2.37. The van der Waals surface area contributed by atoms with Crippen LogP contribution in [0.5, 0.6) is 0 Å². The quantitative estimate of drug-likeness (QED) is 0.618. The van der Waals surface area contributed by atoms with Gasteiger partial charge in [-0.2, -0.15) is 5.10 Å². The van der Waals surface area contributed by atoms with Gasteiger partial charge in [0, 0.05) is 37.1 Å². The molecular formula is C23H28F2N6O. The van der Waals surface area contributed by atoms with Gasteiger partial charge in [0.25, 0.3) is 0 Å². The van der Waals surface area contributed by atoms with Crippen LogP contribution in [0.1, 0.15) is 57.2 Å². The van der Waals surface area contributed by atoms with E-state index in [9.17, 15) is 13.6 Å². The summed E-state index contributed by atoms with van der Waals surface area (Å²) in [6.07, 6.45) is 4.55. The van der Waals surface area contributed by atoms with Gasteiger partial charge in [0.1, 0.15) is 5.69 Å². The molecule has 0 aliphatic heterocycles. The second-order valence-corrected chi connectivity index (χ2v) is 10.0. The minimum absolute atomic E-state index is 0.148. The Morgan fingerprint density at radius 3 is 2.72 bits per heavy atom. The highest BCUT2D eigenvalue weighted by molar-refractivity contribution is 5.95. The molecule has 170 valence electrons. The average Bonchev–Trinajstić information content (AvgIpc) is 3.34. The van der Waals surface area contributed by atoms with Crippen LogP contribution in [0.15, 0.2) is 12.3 Å². The number of halogens is 2. The van der Waals surface area contributed by atoms with Crippen molar-refractivity contribution in [2.75, 3.05) is 11.9 Å². The molecule has 0 radical (unpaired) electrons. The minimum atomic E-state index is -2.65. The number of carbonyl (C=O) groups is 1. The van der Waals surface area contributed by atoms with Crippen LogP contribution in [0.4, 0.5) is 14.5 Å². The van der Waals surface area contributed by atoms with E-state index in [-0.39, 0.29) is 42.9 Å². The lowest BCUT2D eigenvalue weighted by molar-refractivity contribution is -0.126. The van der Waals surface area contributed by atoms with Gasteiger partial charge in [-0.25, -0.2) is 18.7 Å². The van der Waals surface area contributed by atoms with E-state index < -0.39 is 5.92 Å². The summed E-state index contributed by atoms with van der Waals surface area (Å²) in [5.41, 5.74) is 5.31. The van der Waals surface area contributed by atoms with Crippen molar-refractivity contribution in [3.63, 3.8) is 0 Å². The molecule has 7 nitrogen and oxygen atoms in total. The number of aromatic amines is 2. The third-order valence-corrected chi connectivity index (χ3v) is 6.99. The van der Waals surface area contributed by atoms with E-state index in [1.54, 1.807) is 13.2 Å². The maximum absolute atomic E-state index is 13.4. The number of hydrogen-bond donors (Lipinski definition) is 2. The highest BCUT2D eigenvalue weighted by Gasteiger charge is 2.38. The molecule has 2 aliphatic rings. The molecule has 0 unspecified atom stereocenters. The van der Waals surface area contributed by atoms with E-state index in [2.05, 4.69) is 39.0 Å². The number of H-pyrrole nitrogens is 2. The summed E-state index contributed by atoms with van der Waals surface area (Å²) < 4.78 is 26.9. The molecule has 0 spiro atoms. The Labute approximate surface area is 185 Å². The van der Waals surface area contributed by atoms with E-state index in [0.29, 0.717) is 22.7 Å². The van der Waals surface area contributed by atoms with Crippen LogP contribution < -0.4 is 4.90 Å². The summed E-state index contributed by atoms with van der Waals surface area (Å²) in [6.45, 7) is 4.53. The first-order valence-corrected chi connectivity index (χ1v) is 11.2. The van der Waals surface area contributed by atoms with Gasteiger partial charge in [-0.1, -0.05) is 13.8 Å². The average molecular weight is 443 g/mol. The van der Waals surface area contributed by atoms with Crippen molar-refractivity contribution in [2.45, 2.75) is 64.7 Å². The van der Waals surface area contributed by atoms with Crippen molar-refractivity contribution in [1.82, 2.24) is 25.1 Å². The second kappa shape index (κ2) is 7.35. The highest BCUT2D eigenvalue weighted by atomic mass is 19.3. The molecule has 0 saturated heterocycles. The number of rotatable bonds is 3. The fourth-order valence-electron chi connectivity index (χ4n) is 4.92. The second-order valence-electron chi connectivity index (χ2n) is 10.0. The molecule has 1 fully saturated rings. The molecule has 3 aromatic heterocycles. The van der Waals surface area contributed by atoms with Gasteiger partial charge < -0.3 is 9.88 Å². The molecule has 2 N–H and O–H groups in total. The Hall–Kier alpha value is -2.84. The number of fused-ring (bicyclic) bond motifs is 2. The van der Waals surface area contributed by atoms with E-state index in [1.165, 1.54) is 10.5 Å². The normalized spacial score (nSPS) is 20.3. The summed E-state index contributed by atoms with van der Waals surface area (Å²) in [4.78, 5) is 26.7. The Morgan fingerprint density at radius 2 is 1.97 bits per heavy atom. The summed E-state index contributed by atoms with van der Waals surface area (Å²) in [7, 11) is 1.67. The van der Waals surface area contributed by atoms with Crippen LogP contribution in [-0.2, 0) is 17.6 Å². The van der Waals surface area contributed by atoms with Gasteiger partial charge in [0.2, 0.25) is 11.8 Å². The maximum Gasteiger partial charge on any atom is 0.248 e. The predicted molar refractivity (Wildman–Crippen MR) is 118 cm³/mol. The van der Waals surface area contributed by atoms with Gasteiger partial charge in [0.05, 0.1) is 17.4 Å². The van der Waals surface area contributed by atoms with Crippen LogP contribution in [0.2, 0.25) is 0 Å². The Balaban J connectivity index is 1.38. The van der Waals surface area contributed by atoms with Crippen LogP contribution in [-0.4, -0.2) is 44.0 Å². The van der Waals surface area contributed by atoms with Gasteiger partial charge in [-0.05, 0) is 43.6 Å². The van der Waals surface area contributed by atoms with Crippen molar-refractivity contribution in [3.05, 3.63) is 23.5 Å². The zero-order chi connectivity index (χ0) is 22.7. The van der Waals surface area contributed by atoms with E-state index >= 15 is 0 Å². The molecular weight excluding hydrogens is 414 g/mol. The first-order chi connectivity index (χ1) is 15.1. The SMILES string of the molecule is CN(C(=O)C1CCC(F)(F)CC1)c1cnc2nc(-c3n[nH]c4c3CCC(C)(C)C4)[nH]c2c1. The number of aromatic nitrogens is 5. The van der Waals surface area contributed by atoms with Gasteiger partial charge in [0.15, 0.2) is 11.5 Å². The Kier molecular flexibility index (Phi) is 4.83. The fraction of sp³-hybridized carbons (Fsp3) is 0.565. The topological polar surface area (TPSA) is 90.6 Å². The summed E-state index contributed by atoms with van der Waals surface area (Å²) >= 11 is 0. The number of pyridine rings is 1. The number of nitrogens with zero attached hydrogens (tertiary/aromatic N) is 4. The molecule has 3 aromatic rings. The first-order valence-electron chi connectivity index (χ1n) is 11.2. The molecule has 0 aromatic carbocycles. The standard InChI is InChI=1S/C23H28F2N6O/c1-22(2)7-6-15-17(11-22)29-30-18(15)20-27-16-10-14(12-26-19(16)28-20)31(3)21(32)13-4-8-23(24,25)9-5-13/h10,12-13H,4-9,11H2,1-3H3,(H,29,30)(H,26,27,28). The van der Waals surface area contributed by atoms with E-state index in [4.69, 9.17) is 0 Å². The maximum atomic E-state index is 13.4. The predicted octanol–water partition coefficient (Wildman–Crippen LogP) is 4.65. The largest absolute Gasteiger partial charge is 0.335 e. The lowest BCUT2D eigenvalue weighted by Gasteiger charge is -2.30. The molecule has 0 atom stereocenters. The fourth-order valence-corrected chi connectivity index (χ4v) is 4.92. The van der Waals surface area contributed by atoms with Crippen molar-refractivity contribution >= 4 is 22.8 Å². The van der Waals surface area contributed by atoms with Crippen LogP contribution in [0.3, 0.4) is 0 Å². The Morgan fingerprint density at radius 1 is 1.22 bits per heavy atom.